The highest BCUT2D eigenvalue weighted by molar-refractivity contribution is 8.26. The number of rotatable bonds is 7. The number of carbonyl (C=O) groups is 3. The van der Waals surface area contributed by atoms with Gasteiger partial charge < -0.3 is 10.4 Å². The lowest BCUT2D eigenvalue weighted by molar-refractivity contribution is -0.137. The Bertz CT molecular complexity index is 829. The summed E-state index contributed by atoms with van der Waals surface area (Å²) in [4.78, 5) is 37.0. The van der Waals surface area contributed by atoms with Gasteiger partial charge in [0.25, 0.3) is 5.91 Å². The molecule has 10 heteroatoms. The van der Waals surface area contributed by atoms with Crippen molar-refractivity contribution in [1.29, 1.82) is 0 Å². The summed E-state index contributed by atoms with van der Waals surface area (Å²) in [7, 11) is 0. The van der Waals surface area contributed by atoms with Crippen molar-refractivity contribution < 1.29 is 19.5 Å². The quantitative estimate of drug-likeness (QED) is 0.378. The average Bonchev–Trinajstić information content (AvgIpc) is 2.88. The second-order valence-electron chi connectivity index (χ2n) is 5.66. The lowest BCUT2D eigenvalue weighted by atomic mass is 10.2. The number of aliphatic carboxylic acids is 1. The van der Waals surface area contributed by atoms with Crippen LogP contribution in [-0.2, 0) is 14.4 Å². The SMILES string of the molecule is CC(C(=O)NCCCC(=O)O)N1C(=O)/C(=C/c2cccc(Cl)c2Cl)SC1=S. The van der Waals surface area contributed by atoms with Crippen molar-refractivity contribution in [2.75, 3.05) is 6.54 Å². The van der Waals surface area contributed by atoms with E-state index in [0.717, 1.165) is 11.8 Å². The van der Waals surface area contributed by atoms with Crippen molar-refractivity contribution in [2.45, 2.75) is 25.8 Å². The maximum Gasteiger partial charge on any atom is 0.303 e. The molecule has 1 atom stereocenters. The van der Waals surface area contributed by atoms with Crippen molar-refractivity contribution >= 4 is 75.4 Å². The number of carbonyl (C=O) groups excluding carboxylic acids is 2. The van der Waals surface area contributed by atoms with E-state index in [1.807, 2.05) is 0 Å². The minimum Gasteiger partial charge on any atom is -0.481 e. The summed E-state index contributed by atoms with van der Waals surface area (Å²) >= 11 is 18.5. The second kappa shape index (κ2) is 9.54. The molecule has 1 aliphatic rings. The number of thioether (sulfide) groups is 1. The van der Waals surface area contributed by atoms with Gasteiger partial charge in [-0.3, -0.25) is 19.3 Å². The van der Waals surface area contributed by atoms with Gasteiger partial charge in [0, 0.05) is 13.0 Å². The molecule has 1 saturated heterocycles. The fraction of sp³-hybridized carbons (Fsp3) is 0.294. The van der Waals surface area contributed by atoms with Gasteiger partial charge in [0.15, 0.2) is 0 Å². The van der Waals surface area contributed by atoms with Crippen molar-refractivity contribution in [3.05, 3.63) is 38.7 Å². The summed E-state index contributed by atoms with van der Waals surface area (Å²) in [5.41, 5.74) is 0.579. The molecular formula is C17H16Cl2N2O4S2. The third-order valence-electron chi connectivity index (χ3n) is 3.73. The predicted molar refractivity (Wildman–Crippen MR) is 111 cm³/mol. The molecule has 1 unspecified atom stereocenters. The van der Waals surface area contributed by atoms with E-state index in [9.17, 15) is 14.4 Å². The molecule has 27 heavy (non-hydrogen) atoms. The first-order valence-electron chi connectivity index (χ1n) is 7.93. The fourth-order valence-electron chi connectivity index (χ4n) is 2.30. The molecular weight excluding hydrogens is 431 g/mol. The first-order chi connectivity index (χ1) is 12.7. The van der Waals surface area contributed by atoms with Crippen LogP contribution in [0.15, 0.2) is 23.1 Å². The smallest absolute Gasteiger partial charge is 0.303 e. The number of thiocarbonyl (C=S) groups is 1. The number of carboxylic acid groups (broad SMARTS) is 1. The van der Waals surface area contributed by atoms with Crippen LogP contribution < -0.4 is 5.32 Å². The number of hydrogen-bond acceptors (Lipinski definition) is 5. The third-order valence-corrected chi connectivity index (χ3v) is 5.89. The largest absolute Gasteiger partial charge is 0.481 e. The molecule has 1 heterocycles. The van der Waals surface area contributed by atoms with E-state index in [4.69, 9.17) is 40.5 Å². The molecule has 0 saturated carbocycles. The Morgan fingerprint density at radius 1 is 1.41 bits per heavy atom. The number of nitrogens with one attached hydrogen (secondary N) is 1. The molecule has 1 aliphatic heterocycles. The van der Waals surface area contributed by atoms with Gasteiger partial charge in [-0.05, 0) is 31.1 Å². The minimum atomic E-state index is -0.931. The van der Waals surface area contributed by atoms with Crippen molar-refractivity contribution in [1.82, 2.24) is 10.2 Å². The van der Waals surface area contributed by atoms with Gasteiger partial charge in [0.1, 0.15) is 10.4 Å². The number of carboxylic acids is 1. The molecule has 0 spiro atoms. The molecule has 2 N–H and O–H groups in total. The molecule has 0 aromatic heterocycles. The van der Waals surface area contributed by atoms with Gasteiger partial charge in [-0.25, -0.2) is 0 Å². The van der Waals surface area contributed by atoms with E-state index in [0.29, 0.717) is 26.9 Å². The van der Waals surface area contributed by atoms with Crippen molar-refractivity contribution in [3.63, 3.8) is 0 Å². The Kier molecular flexibility index (Phi) is 7.67. The van der Waals surface area contributed by atoms with Gasteiger partial charge >= 0.3 is 5.97 Å². The van der Waals surface area contributed by atoms with Gasteiger partial charge in [0.05, 0.1) is 15.0 Å². The summed E-state index contributed by atoms with van der Waals surface area (Å²) in [6, 6.07) is 4.26. The van der Waals surface area contributed by atoms with Gasteiger partial charge in [-0.15, -0.1) is 0 Å². The Morgan fingerprint density at radius 3 is 2.78 bits per heavy atom. The van der Waals surface area contributed by atoms with Crippen LogP contribution in [-0.4, -0.2) is 44.7 Å². The minimum absolute atomic E-state index is 0.0428. The number of amides is 2. The van der Waals surface area contributed by atoms with Gasteiger partial charge in [-0.2, -0.15) is 0 Å². The maximum atomic E-state index is 12.7. The summed E-state index contributed by atoms with van der Waals surface area (Å²) in [5, 5.41) is 11.9. The van der Waals surface area contributed by atoms with Crippen LogP contribution in [0.5, 0.6) is 0 Å². The zero-order chi connectivity index (χ0) is 20.1. The van der Waals surface area contributed by atoms with Crippen molar-refractivity contribution in [3.8, 4) is 0 Å². The predicted octanol–water partition coefficient (Wildman–Crippen LogP) is 3.56. The number of halogens is 2. The molecule has 0 radical (unpaired) electrons. The van der Waals surface area contributed by atoms with E-state index in [1.54, 1.807) is 31.2 Å². The van der Waals surface area contributed by atoms with E-state index in [1.165, 1.54) is 4.90 Å². The number of nitrogens with zero attached hydrogens (tertiary/aromatic N) is 1. The summed E-state index contributed by atoms with van der Waals surface area (Å²) in [6.45, 7) is 1.77. The highest BCUT2D eigenvalue weighted by Gasteiger charge is 2.38. The first-order valence-corrected chi connectivity index (χ1v) is 9.91. The molecule has 0 bridgehead atoms. The average molecular weight is 447 g/mol. The zero-order valence-corrected chi connectivity index (χ0v) is 17.3. The Hall–Kier alpha value is -1.61. The van der Waals surface area contributed by atoms with Gasteiger partial charge in [-0.1, -0.05) is 59.3 Å². The van der Waals surface area contributed by atoms with Crippen LogP contribution in [0.4, 0.5) is 0 Å². The highest BCUT2D eigenvalue weighted by Crippen LogP contribution is 2.36. The Morgan fingerprint density at radius 2 is 2.11 bits per heavy atom. The summed E-state index contributed by atoms with van der Waals surface area (Å²) in [5.74, 6) is -1.73. The summed E-state index contributed by atoms with van der Waals surface area (Å²) in [6.07, 6.45) is 1.85. The van der Waals surface area contributed by atoms with Crippen LogP contribution >= 0.6 is 47.2 Å². The molecule has 1 aromatic rings. The van der Waals surface area contributed by atoms with E-state index in [2.05, 4.69) is 5.32 Å². The number of benzene rings is 1. The maximum absolute atomic E-state index is 12.7. The normalized spacial score (nSPS) is 16.7. The van der Waals surface area contributed by atoms with E-state index in [-0.39, 0.29) is 17.3 Å². The molecule has 6 nitrogen and oxygen atoms in total. The van der Waals surface area contributed by atoms with Gasteiger partial charge in [0.2, 0.25) is 5.91 Å². The van der Waals surface area contributed by atoms with Crippen LogP contribution in [0.2, 0.25) is 10.0 Å². The Labute approximate surface area is 175 Å². The van der Waals surface area contributed by atoms with Crippen LogP contribution in [0.3, 0.4) is 0 Å². The van der Waals surface area contributed by atoms with Crippen LogP contribution in [0.1, 0.15) is 25.3 Å². The molecule has 144 valence electrons. The molecule has 2 amide bonds. The monoisotopic (exact) mass is 446 g/mol. The van der Waals surface area contributed by atoms with E-state index < -0.39 is 23.8 Å². The number of hydrogen-bond donors (Lipinski definition) is 2. The Balaban J connectivity index is 2.08. The fourth-order valence-corrected chi connectivity index (χ4v) is 4.07. The molecule has 1 fully saturated rings. The first kappa shape index (κ1) is 21.7. The highest BCUT2D eigenvalue weighted by atomic mass is 35.5. The standard InChI is InChI=1S/C17H16Cl2N2O4S2/c1-9(15(24)20-7-3-6-13(22)23)21-16(25)12(27-17(21)26)8-10-4-2-5-11(18)14(10)19/h2,4-5,8-9H,3,6-7H2,1H3,(H,20,24)(H,22,23)/b12-8-. The molecule has 2 rings (SSSR count). The zero-order valence-electron chi connectivity index (χ0n) is 14.2. The van der Waals surface area contributed by atoms with E-state index >= 15 is 0 Å². The lowest BCUT2D eigenvalue weighted by Crippen LogP contribution is -2.47. The topological polar surface area (TPSA) is 86.7 Å². The van der Waals surface area contributed by atoms with Crippen molar-refractivity contribution in [2.24, 2.45) is 0 Å². The third kappa shape index (κ3) is 5.44. The second-order valence-corrected chi connectivity index (χ2v) is 8.12. The molecule has 1 aromatic carbocycles. The van der Waals surface area contributed by atoms with Crippen LogP contribution in [0, 0.1) is 0 Å². The van der Waals surface area contributed by atoms with Crippen LogP contribution in [0.25, 0.3) is 6.08 Å². The summed E-state index contributed by atoms with van der Waals surface area (Å²) < 4.78 is 0.262. The molecule has 0 aliphatic carbocycles. The lowest BCUT2D eigenvalue weighted by Gasteiger charge is -2.22.